The van der Waals surface area contributed by atoms with Crippen molar-refractivity contribution in [3.63, 3.8) is 0 Å². The summed E-state index contributed by atoms with van der Waals surface area (Å²) < 4.78 is 7.24. The SMILES string of the molecule is c1ccc(-c2ncn(-c3ccc(Nc4cc(-c5cccc(N6CCOCC6)c5)ccn4)cc3)n2)nc1. The molecule has 1 N–H and O–H groups in total. The van der Waals surface area contributed by atoms with E-state index in [1.807, 2.05) is 54.7 Å². The highest BCUT2D eigenvalue weighted by Crippen LogP contribution is 2.27. The first-order chi connectivity index (χ1) is 17.8. The van der Waals surface area contributed by atoms with Crippen LogP contribution < -0.4 is 10.2 Å². The van der Waals surface area contributed by atoms with Gasteiger partial charge >= 0.3 is 0 Å². The second-order valence-electron chi connectivity index (χ2n) is 8.48. The van der Waals surface area contributed by atoms with Gasteiger partial charge in [-0.05, 0) is 71.8 Å². The number of rotatable bonds is 6. The molecule has 3 aromatic heterocycles. The molecule has 8 nitrogen and oxygen atoms in total. The Bertz CT molecular complexity index is 1440. The zero-order valence-corrected chi connectivity index (χ0v) is 19.7. The third-order valence-corrected chi connectivity index (χ3v) is 6.11. The molecule has 1 saturated heterocycles. The van der Waals surface area contributed by atoms with Crippen LogP contribution in [0.2, 0.25) is 0 Å². The number of hydrogen-bond acceptors (Lipinski definition) is 7. The first kappa shape index (κ1) is 21.9. The second kappa shape index (κ2) is 9.97. The minimum Gasteiger partial charge on any atom is -0.378 e. The lowest BCUT2D eigenvalue weighted by molar-refractivity contribution is 0.122. The summed E-state index contributed by atoms with van der Waals surface area (Å²) in [6, 6.07) is 26.4. The number of ether oxygens (including phenoxy) is 1. The fourth-order valence-electron chi connectivity index (χ4n) is 4.23. The van der Waals surface area contributed by atoms with Gasteiger partial charge in [-0.15, -0.1) is 5.10 Å². The molecule has 6 rings (SSSR count). The molecule has 4 heterocycles. The van der Waals surface area contributed by atoms with Crippen molar-refractivity contribution in [2.24, 2.45) is 0 Å². The van der Waals surface area contributed by atoms with Crippen LogP contribution in [0, 0.1) is 0 Å². The molecule has 178 valence electrons. The standard InChI is InChI=1S/C28H25N7O/c1-2-12-29-26(6-1)28-31-20-35(33-28)24-9-7-23(8-10-24)32-27-19-22(11-13-30-27)21-4-3-5-25(18-21)34-14-16-36-17-15-34/h1-13,18-20H,14-17H2,(H,30,32). The number of morpholine rings is 1. The molecule has 1 aliphatic heterocycles. The third-order valence-electron chi connectivity index (χ3n) is 6.11. The molecular formula is C28H25N7O. The van der Waals surface area contributed by atoms with Crippen molar-refractivity contribution in [2.75, 3.05) is 36.5 Å². The molecule has 0 bridgehead atoms. The van der Waals surface area contributed by atoms with Crippen molar-refractivity contribution < 1.29 is 4.74 Å². The minimum absolute atomic E-state index is 0.594. The predicted molar refractivity (Wildman–Crippen MR) is 141 cm³/mol. The highest BCUT2D eigenvalue weighted by molar-refractivity contribution is 5.72. The Morgan fingerprint density at radius 1 is 0.722 bits per heavy atom. The van der Waals surface area contributed by atoms with Crippen molar-refractivity contribution in [2.45, 2.75) is 0 Å². The zero-order valence-electron chi connectivity index (χ0n) is 19.7. The van der Waals surface area contributed by atoms with E-state index in [1.165, 1.54) is 5.69 Å². The largest absolute Gasteiger partial charge is 0.378 e. The summed E-state index contributed by atoms with van der Waals surface area (Å²) in [6.45, 7) is 3.38. The summed E-state index contributed by atoms with van der Waals surface area (Å²) in [4.78, 5) is 15.6. The molecule has 0 atom stereocenters. The molecule has 1 aliphatic rings. The molecule has 0 amide bonds. The Morgan fingerprint density at radius 2 is 1.58 bits per heavy atom. The summed E-state index contributed by atoms with van der Waals surface area (Å²) in [5.41, 5.74) is 6.10. The van der Waals surface area contributed by atoms with E-state index < -0.39 is 0 Å². The van der Waals surface area contributed by atoms with Crippen LogP contribution in [0.15, 0.2) is 97.6 Å². The first-order valence-electron chi connectivity index (χ1n) is 11.9. The van der Waals surface area contributed by atoms with Gasteiger partial charge in [-0.2, -0.15) is 0 Å². The van der Waals surface area contributed by atoms with Crippen LogP contribution in [-0.2, 0) is 4.74 Å². The first-order valence-corrected chi connectivity index (χ1v) is 11.9. The van der Waals surface area contributed by atoms with Gasteiger partial charge in [0.1, 0.15) is 17.8 Å². The molecule has 8 heteroatoms. The highest BCUT2D eigenvalue weighted by atomic mass is 16.5. The number of nitrogens with one attached hydrogen (secondary N) is 1. The topological polar surface area (TPSA) is 81.0 Å². The van der Waals surface area contributed by atoms with Gasteiger partial charge in [-0.1, -0.05) is 18.2 Å². The van der Waals surface area contributed by atoms with Crippen molar-refractivity contribution in [3.8, 4) is 28.3 Å². The van der Waals surface area contributed by atoms with Crippen LogP contribution in [0.4, 0.5) is 17.2 Å². The summed E-state index contributed by atoms with van der Waals surface area (Å²) in [6.07, 6.45) is 5.27. The lowest BCUT2D eigenvalue weighted by Crippen LogP contribution is -2.36. The molecule has 0 radical (unpaired) electrons. The van der Waals surface area contributed by atoms with Crippen molar-refractivity contribution in [1.29, 1.82) is 0 Å². The van der Waals surface area contributed by atoms with Gasteiger partial charge in [0.15, 0.2) is 5.82 Å². The summed E-state index contributed by atoms with van der Waals surface area (Å²) >= 11 is 0. The van der Waals surface area contributed by atoms with E-state index in [9.17, 15) is 0 Å². The van der Waals surface area contributed by atoms with E-state index in [4.69, 9.17) is 4.74 Å². The Labute approximate surface area is 209 Å². The van der Waals surface area contributed by atoms with Crippen molar-refractivity contribution in [3.05, 3.63) is 97.6 Å². The van der Waals surface area contributed by atoms with E-state index in [2.05, 4.69) is 60.6 Å². The maximum Gasteiger partial charge on any atom is 0.200 e. The summed E-state index contributed by atoms with van der Waals surface area (Å²) in [5.74, 6) is 1.38. The van der Waals surface area contributed by atoms with Crippen LogP contribution >= 0.6 is 0 Å². The smallest absolute Gasteiger partial charge is 0.200 e. The second-order valence-corrected chi connectivity index (χ2v) is 8.48. The molecule has 36 heavy (non-hydrogen) atoms. The number of aromatic nitrogens is 5. The Kier molecular flexibility index (Phi) is 6.08. The van der Waals surface area contributed by atoms with Gasteiger partial charge < -0.3 is 15.0 Å². The monoisotopic (exact) mass is 475 g/mol. The highest BCUT2D eigenvalue weighted by Gasteiger charge is 2.12. The maximum absolute atomic E-state index is 5.49. The van der Waals surface area contributed by atoms with Crippen LogP contribution in [0.3, 0.4) is 0 Å². The van der Waals surface area contributed by atoms with Crippen LogP contribution in [0.25, 0.3) is 28.3 Å². The molecular weight excluding hydrogens is 450 g/mol. The zero-order chi connectivity index (χ0) is 24.2. The van der Waals surface area contributed by atoms with Crippen LogP contribution in [0.1, 0.15) is 0 Å². The Balaban J connectivity index is 1.17. The number of nitrogens with zero attached hydrogens (tertiary/aromatic N) is 6. The fourth-order valence-corrected chi connectivity index (χ4v) is 4.23. The normalized spacial score (nSPS) is 13.5. The predicted octanol–water partition coefficient (Wildman–Crippen LogP) is 4.97. The maximum atomic E-state index is 5.49. The molecule has 1 fully saturated rings. The van der Waals surface area contributed by atoms with Gasteiger partial charge in [0.05, 0.1) is 18.9 Å². The number of hydrogen-bond donors (Lipinski definition) is 1. The van der Waals surface area contributed by atoms with Crippen LogP contribution in [0.5, 0.6) is 0 Å². The van der Waals surface area contributed by atoms with Gasteiger partial charge in [-0.3, -0.25) is 4.98 Å². The Morgan fingerprint density at radius 3 is 2.42 bits per heavy atom. The van der Waals surface area contributed by atoms with Gasteiger partial charge in [0.25, 0.3) is 0 Å². The van der Waals surface area contributed by atoms with Gasteiger partial charge in [-0.25, -0.2) is 14.6 Å². The van der Waals surface area contributed by atoms with E-state index in [1.54, 1.807) is 17.2 Å². The lowest BCUT2D eigenvalue weighted by atomic mass is 10.1. The number of pyridine rings is 2. The van der Waals surface area contributed by atoms with Gasteiger partial charge in [0, 0.05) is 36.9 Å². The van der Waals surface area contributed by atoms with E-state index in [0.717, 1.165) is 60.3 Å². The average molecular weight is 476 g/mol. The molecule has 0 aliphatic carbocycles. The molecule has 0 saturated carbocycles. The Hall–Kier alpha value is -4.56. The quantitative estimate of drug-likeness (QED) is 0.371. The van der Waals surface area contributed by atoms with Crippen molar-refractivity contribution >= 4 is 17.2 Å². The molecule has 0 unspecified atom stereocenters. The summed E-state index contributed by atoms with van der Waals surface area (Å²) in [7, 11) is 0. The number of anilines is 3. The molecule has 5 aromatic rings. The lowest BCUT2D eigenvalue weighted by Gasteiger charge is -2.29. The molecule has 2 aromatic carbocycles. The fraction of sp³-hybridized carbons (Fsp3) is 0.143. The van der Waals surface area contributed by atoms with E-state index >= 15 is 0 Å². The van der Waals surface area contributed by atoms with Crippen LogP contribution in [-0.4, -0.2) is 51.0 Å². The van der Waals surface area contributed by atoms with Crippen molar-refractivity contribution in [1.82, 2.24) is 24.7 Å². The third kappa shape index (κ3) is 4.80. The average Bonchev–Trinajstić information content (AvgIpc) is 3.45. The van der Waals surface area contributed by atoms with E-state index in [-0.39, 0.29) is 0 Å². The van der Waals surface area contributed by atoms with Gasteiger partial charge in [0.2, 0.25) is 0 Å². The van der Waals surface area contributed by atoms with E-state index in [0.29, 0.717) is 5.82 Å². The number of benzene rings is 2. The summed E-state index contributed by atoms with van der Waals surface area (Å²) in [5, 5.41) is 7.96. The minimum atomic E-state index is 0.594. The molecule has 0 spiro atoms.